The summed E-state index contributed by atoms with van der Waals surface area (Å²) in [6.07, 6.45) is 1.61. The van der Waals surface area contributed by atoms with E-state index in [4.69, 9.17) is 10.5 Å². The van der Waals surface area contributed by atoms with Gasteiger partial charge >= 0.3 is 5.97 Å². The maximum atomic E-state index is 11.3. The number of benzene rings is 1. The molecule has 0 aliphatic heterocycles. The number of nitrogens with zero attached hydrogens (tertiary/aromatic N) is 2. The van der Waals surface area contributed by atoms with Gasteiger partial charge in [0.1, 0.15) is 6.73 Å². The van der Waals surface area contributed by atoms with Crippen molar-refractivity contribution in [2.75, 3.05) is 12.3 Å². The van der Waals surface area contributed by atoms with Crippen molar-refractivity contribution in [1.82, 2.24) is 9.78 Å². The maximum absolute atomic E-state index is 11.3. The number of fused-ring (bicyclic) bond motifs is 1. The van der Waals surface area contributed by atoms with Crippen LogP contribution in [0.15, 0.2) is 18.3 Å². The molecule has 7 heteroatoms. The average molecular weight is 307 g/mol. The Labute approximate surface area is 124 Å². The summed E-state index contributed by atoms with van der Waals surface area (Å²) in [4.78, 5) is 11.3. The van der Waals surface area contributed by atoms with Crippen molar-refractivity contribution in [3.05, 3.63) is 23.9 Å². The second-order valence-electron chi connectivity index (χ2n) is 6.30. The van der Waals surface area contributed by atoms with Gasteiger partial charge in [0.25, 0.3) is 0 Å². The van der Waals surface area contributed by atoms with Gasteiger partial charge in [0, 0.05) is 25.8 Å². The van der Waals surface area contributed by atoms with Crippen LogP contribution in [0, 0.1) is 0 Å². The number of hydrogen-bond donors (Lipinski definition) is 2. The molecule has 2 rings (SSSR count). The van der Waals surface area contributed by atoms with E-state index < -0.39 is 14.0 Å². The number of nitrogen functional groups attached to an aromatic ring is 1. The number of nitrogens with two attached hydrogens (primary N) is 1. The Hall–Kier alpha value is -1.86. The lowest BCUT2D eigenvalue weighted by Crippen LogP contribution is -2.22. The van der Waals surface area contributed by atoms with Crippen LogP contribution in [0.5, 0.6) is 0 Å². The second kappa shape index (κ2) is 5.86. The lowest BCUT2D eigenvalue weighted by Gasteiger charge is -2.15. The highest BCUT2D eigenvalue weighted by Gasteiger charge is 2.16. The molecule has 0 aliphatic carbocycles. The molecule has 2 aromatic rings. The van der Waals surface area contributed by atoms with E-state index in [9.17, 15) is 9.90 Å². The van der Waals surface area contributed by atoms with Crippen LogP contribution in [0.25, 0.3) is 10.9 Å². The number of carboxylic acids is 1. The molecule has 3 N–H and O–H groups in total. The number of hydrogen-bond acceptors (Lipinski definition) is 4. The fourth-order valence-corrected chi connectivity index (χ4v) is 2.80. The van der Waals surface area contributed by atoms with E-state index in [0.717, 1.165) is 6.04 Å². The quantitative estimate of drug-likeness (QED) is 0.486. The smallest absolute Gasteiger partial charge is 0.337 e. The van der Waals surface area contributed by atoms with Gasteiger partial charge in [-0.25, -0.2) is 9.48 Å². The zero-order chi connectivity index (χ0) is 15.6. The van der Waals surface area contributed by atoms with Crippen molar-refractivity contribution in [2.45, 2.75) is 32.4 Å². The molecular weight excluding hydrogens is 286 g/mol. The molecule has 0 bridgehead atoms. The fourth-order valence-electron chi connectivity index (χ4n) is 2.05. The second-order valence-corrected chi connectivity index (χ2v) is 11.9. The number of aromatic nitrogens is 2. The summed E-state index contributed by atoms with van der Waals surface area (Å²) in [6, 6.07) is 4.23. The van der Waals surface area contributed by atoms with Crippen molar-refractivity contribution in [3.63, 3.8) is 0 Å². The summed E-state index contributed by atoms with van der Waals surface area (Å²) >= 11 is 0. The van der Waals surface area contributed by atoms with Crippen LogP contribution in [-0.4, -0.2) is 35.5 Å². The molecule has 0 atom stereocenters. The molecule has 0 saturated carbocycles. The summed E-state index contributed by atoms with van der Waals surface area (Å²) in [6.45, 7) is 7.76. The Bertz CT molecular complexity index is 661. The Kier molecular flexibility index (Phi) is 4.34. The van der Waals surface area contributed by atoms with E-state index in [1.807, 2.05) is 0 Å². The first-order chi connectivity index (χ1) is 9.78. The number of carbonyl (C=O) groups is 1. The maximum Gasteiger partial charge on any atom is 0.337 e. The Morgan fingerprint density at radius 3 is 2.76 bits per heavy atom. The lowest BCUT2D eigenvalue weighted by atomic mass is 10.1. The van der Waals surface area contributed by atoms with Crippen LogP contribution in [0.1, 0.15) is 10.4 Å². The van der Waals surface area contributed by atoms with Crippen molar-refractivity contribution < 1.29 is 14.6 Å². The molecule has 21 heavy (non-hydrogen) atoms. The number of carboxylic acid groups (broad SMARTS) is 1. The molecule has 114 valence electrons. The predicted molar refractivity (Wildman–Crippen MR) is 85.2 cm³/mol. The van der Waals surface area contributed by atoms with Crippen LogP contribution in [0.3, 0.4) is 0 Å². The lowest BCUT2D eigenvalue weighted by molar-refractivity contribution is 0.0693. The predicted octanol–water partition coefficient (Wildman–Crippen LogP) is 2.63. The van der Waals surface area contributed by atoms with Gasteiger partial charge in [0.2, 0.25) is 0 Å². The van der Waals surface area contributed by atoms with Crippen molar-refractivity contribution in [1.29, 1.82) is 0 Å². The van der Waals surface area contributed by atoms with E-state index >= 15 is 0 Å². The molecule has 0 amide bonds. The van der Waals surface area contributed by atoms with Gasteiger partial charge in [-0.05, 0) is 18.2 Å². The molecule has 6 nitrogen and oxygen atoms in total. The molecule has 0 saturated heterocycles. The highest BCUT2D eigenvalue weighted by Crippen LogP contribution is 2.22. The fraction of sp³-hybridized carbons (Fsp3) is 0.429. The van der Waals surface area contributed by atoms with Crippen molar-refractivity contribution in [3.8, 4) is 0 Å². The molecule has 1 aromatic carbocycles. The molecule has 0 unspecified atom stereocenters. The van der Waals surface area contributed by atoms with Crippen molar-refractivity contribution in [2.24, 2.45) is 0 Å². The molecule has 1 heterocycles. The van der Waals surface area contributed by atoms with Gasteiger partial charge in [-0.1, -0.05) is 19.6 Å². The van der Waals surface area contributed by atoms with Gasteiger partial charge in [0.15, 0.2) is 0 Å². The Balaban J connectivity index is 2.19. The standard InChI is InChI=1S/C14H21N3O3Si/c1-21(2,3)5-4-20-9-17-13-10(8-16-17)6-11(15)7-12(13)14(18)19/h6-8H,4-5,9,15H2,1-3H3,(H,18,19). The number of rotatable bonds is 6. The van der Waals surface area contributed by atoms with Gasteiger partial charge in [-0.3, -0.25) is 0 Å². The van der Waals surface area contributed by atoms with Crippen molar-refractivity contribution >= 4 is 30.6 Å². The molecule has 0 aliphatic rings. The zero-order valence-electron chi connectivity index (χ0n) is 12.6. The van der Waals surface area contributed by atoms with E-state index in [1.165, 1.54) is 6.07 Å². The first kappa shape index (κ1) is 15.5. The van der Waals surface area contributed by atoms with Crippen LogP contribution in [0.4, 0.5) is 5.69 Å². The Morgan fingerprint density at radius 2 is 2.14 bits per heavy atom. The molecule has 1 aromatic heterocycles. The third-order valence-electron chi connectivity index (χ3n) is 3.20. The van der Waals surface area contributed by atoms with Gasteiger partial charge in [-0.2, -0.15) is 5.10 Å². The number of aromatic carboxylic acids is 1. The molecule has 0 spiro atoms. The summed E-state index contributed by atoms with van der Waals surface area (Å²) in [7, 11) is -1.13. The Morgan fingerprint density at radius 1 is 1.43 bits per heavy atom. The van der Waals surface area contributed by atoms with Gasteiger partial charge < -0.3 is 15.6 Å². The first-order valence-electron chi connectivity index (χ1n) is 6.84. The zero-order valence-corrected chi connectivity index (χ0v) is 13.6. The van der Waals surface area contributed by atoms with E-state index in [2.05, 4.69) is 24.7 Å². The third kappa shape index (κ3) is 3.83. The minimum absolute atomic E-state index is 0.149. The summed E-state index contributed by atoms with van der Waals surface area (Å²) in [5.74, 6) is -1.02. The van der Waals surface area contributed by atoms with E-state index in [0.29, 0.717) is 23.2 Å². The summed E-state index contributed by atoms with van der Waals surface area (Å²) in [5, 5.41) is 14.2. The highest BCUT2D eigenvalue weighted by atomic mass is 28.3. The largest absolute Gasteiger partial charge is 0.478 e. The van der Waals surface area contributed by atoms with Crippen LogP contribution in [-0.2, 0) is 11.5 Å². The molecule has 0 radical (unpaired) electrons. The molecular formula is C14H21N3O3Si. The highest BCUT2D eigenvalue weighted by molar-refractivity contribution is 6.76. The van der Waals surface area contributed by atoms with E-state index in [1.54, 1.807) is 16.9 Å². The normalized spacial score (nSPS) is 12.0. The van der Waals surface area contributed by atoms with Gasteiger partial charge in [0.05, 0.1) is 17.3 Å². The molecule has 0 fully saturated rings. The summed E-state index contributed by atoms with van der Waals surface area (Å²) in [5.41, 5.74) is 6.83. The monoisotopic (exact) mass is 307 g/mol. The van der Waals surface area contributed by atoms with Crippen LogP contribution in [0.2, 0.25) is 25.7 Å². The van der Waals surface area contributed by atoms with Crippen LogP contribution >= 0.6 is 0 Å². The summed E-state index contributed by atoms with van der Waals surface area (Å²) < 4.78 is 7.21. The minimum atomic E-state index is -1.13. The van der Waals surface area contributed by atoms with Crippen LogP contribution < -0.4 is 5.73 Å². The topological polar surface area (TPSA) is 90.4 Å². The van der Waals surface area contributed by atoms with Gasteiger partial charge in [-0.15, -0.1) is 0 Å². The number of ether oxygens (including phenoxy) is 1. The first-order valence-corrected chi connectivity index (χ1v) is 10.5. The SMILES string of the molecule is C[Si](C)(C)CCOCn1ncc2cc(N)cc(C(=O)O)c21. The number of anilines is 1. The van der Waals surface area contributed by atoms with E-state index in [-0.39, 0.29) is 12.3 Å². The minimum Gasteiger partial charge on any atom is -0.478 e. The third-order valence-corrected chi connectivity index (χ3v) is 4.90. The average Bonchev–Trinajstić information content (AvgIpc) is 2.75.